The number of carbonyl (C=O) groups is 1. The van der Waals surface area contributed by atoms with E-state index in [-0.39, 0.29) is 24.4 Å². The van der Waals surface area contributed by atoms with E-state index < -0.39 is 0 Å². The van der Waals surface area contributed by atoms with Crippen LogP contribution in [0.15, 0.2) is 5.38 Å². The Hall–Kier alpha value is -0.690. The fourth-order valence-corrected chi connectivity index (χ4v) is 4.05. The molecule has 2 aliphatic rings. The third-order valence-corrected chi connectivity index (χ3v) is 5.42. The molecule has 7 heteroatoms. The van der Waals surface area contributed by atoms with Crippen LogP contribution in [0, 0.1) is 12.8 Å². The molecule has 2 atom stereocenters. The van der Waals surface area contributed by atoms with E-state index in [0.717, 1.165) is 50.6 Å². The minimum atomic E-state index is 0. The monoisotopic (exact) mass is 358 g/mol. The lowest BCUT2D eigenvalue weighted by Gasteiger charge is -2.32. The molecule has 2 N–H and O–H groups in total. The standard InChI is InChI=1S/C16H26N4OS.ClH/c1-12-19-14(11-22-12)10-20-7-3-4-13(9-20)8-18-16(21)15-5-2-6-17-15;/h11,13,15,17H,2-10H2,1H3,(H,18,21);1H. The molecule has 0 saturated carbocycles. The fourth-order valence-electron chi connectivity index (χ4n) is 3.45. The Balaban J connectivity index is 0.00000192. The quantitative estimate of drug-likeness (QED) is 0.844. The van der Waals surface area contributed by atoms with Crippen LogP contribution in [0.3, 0.4) is 0 Å². The number of amides is 1. The van der Waals surface area contributed by atoms with Crippen LogP contribution in [0.4, 0.5) is 0 Å². The van der Waals surface area contributed by atoms with Crippen molar-refractivity contribution in [2.24, 2.45) is 5.92 Å². The van der Waals surface area contributed by atoms with Gasteiger partial charge in [-0.05, 0) is 51.6 Å². The second kappa shape index (κ2) is 8.97. The lowest BCUT2D eigenvalue weighted by Crippen LogP contribution is -2.45. The van der Waals surface area contributed by atoms with E-state index in [2.05, 4.69) is 32.8 Å². The molecular weight excluding hydrogens is 332 g/mol. The van der Waals surface area contributed by atoms with Gasteiger partial charge in [-0.3, -0.25) is 9.69 Å². The van der Waals surface area contributed by atoms with Crippen LogP contribution >= 0.6 is 23.7 Å². The summed E-state index contributed by atoms with van der Waals surface area (Å²) < 4.78 is 0. The van der Waals surface area contributed by atoms with Crippen molar-refractivity contribution in [2.75, 3.05) is 26.2 Å². The SMILES string of the molecule is Cc1nc(CN2CCCC(CNC(=O)C3CCCN3)C2)cs1.Cl. The minimum Gasteiger partial charge on any atom is -0.354 e. The van der Waals surface area contributed by atoms with Crippen molar-refractivity contribution in [3.05, 3.63) is 16.1 Å². The molecule has 130 valence electrons. The van der Waals surface area contributed by atoms with Crippen molar-refractivity contribution < 1.29 is 4.79 Å². The van der Waals surface area contributed by atoms with Gasteiger partial charge in [0, 0.05) is 25.0 Å². The highest BCUT2D eigenvalue weighted by Crippen LogP contribution is 2.19. The number of thiazole rings is 1. The summed E-state index contributed by atoms with van der Waals surface area (Å²) in [6, 6.07) is 0.0395. The van der Waals surface area contributed by atoms with Crippen molar-refractivity contribution in [3.63, 3.8) is 0 Å². The van der Waals surface area contributed by atoms with Crippen LogP contribution in [-0.4, -0.2) is 48.0 Å². The van der Waals surface area contributed by atoms with E-state index in [1.165, 1.54) is 18.5 Å². The highest BCUT2D eigenvalue weighted by atomic mass is 35.5. The third-order valence-electron chi connectivity index (χ3n) is 4.60. The molecule has 5 nitrogen and oxygen atoms in total. The maximum absolute atomic E-state index is 12.1. The first kappa shape index (κ1) is 18.6. The van der Waals surface area contributed by atoms with E-state index in [1.54, 1.807) is 11.3 Å². The van der Waals surface area contributed by atoms with Gasteiger partial charge in [-0.1, -0.05) is 0 Å². The molecule has 0 aromatic carbocycles. The Labute approximate surface area is 148 Å². The first-order chi connectivity index (χ1) is 10.7. The van der Waals surface area contributed by atoms with Gasteiger partial charge in [-0.2, -0.15) is 0 Å². The van der Waals surface area contributed by atoms with Crippen LogP contribution in [0.2, 0.25) is 0 Å². The van der Waals surface area contributed by atoms with E-state index in [0.29, 0.717) is 5.92 Å². The van der Waals surface area contributed by atoms with Gasteiger partial charge >= 0.3 is 0 Å². The minimum absolute atomic E-state index is 0. The number of likely N-dealkylation sites (tertiary alicyclic amines) is 1. The molecule has 0 radical (unpaired) electrons. The molecule has 3 rings (SSSR count). The molecule has 1 aromatic heterocycles. The number of rotatable bonds is 5. The average Bonchev–Trinajstić information content (AvgIpc) is 3.17. The first-order valence-corrected chi connectivity index (χ1v) is 9.23. The predicted octanol–water partition coefficient (Wildman–Crippen LogP) is 1.95. The molecule has 3 heterocycles. The average molecular weight is 359 g/mol. The molecule has 0 spiro atoms. The Morgan fingerprint density at radius 1 is 1.48 bits per heavy atom. The molecule has 2 fully saturated rings. The number of aromatic nitrogens is 1. The largest absolute Gasteiger partial charge is 0.354 e. The summed E-state index contributed by atoms with van der Waals surface area (Å²) in [6.45, 7) is 6.99. The van der Waals surface area contributed by atoms with Crippen molar-refractivity contribution in [1.29, 1.82) is 0 Å². The molecule has 2 aliphatic heterocycles. The van der Waals surface area contributed by atoms with E-state index in [1.807, 2.05) is 0 Å². The molecule has 1 aromatic rings. The van der Waals surface area contributed by atoms with Crippen molar-refractivity contribution in [2.45, 2.75) is 45.2 Å². The second-order valence-electron chi connectivity index (χ2n) is 6.50. The molecule has 0 bridgehead atoms. The summed E-state index contributed by atoms with van der Waals surface area (Å²) in [4.78, 5) is 19.1. The summed E-state index contributed by atoms with van der Waals surface area (Å²) in [6.07, 6.45) is 4.52. The van der Waals surface area contributed by atoms with Crippen molar-refractivity contribution in [3.8, 4) is 0 Å². The summed E-state index contributed by atoms with van der Waals surface area (Å²) in [7, 11) is 0. The maximum Gasteiger partial charge on any atom is 0.237 e. The van der Waals surface area contributed by atoms with Gasteiger partial charge in [-0.25, -0.2) is 4.98 Å². The van der Waals surface area contributed by atoms with Gasteiger partial charge in [0.2, 0.25) is 5.91 Å². The van der Waals surface area contributed by atoms with Crippen molar-refractivity contribution in [1.82, 2.24) is 20.5 Å². The highest BCUT2D eigenvalue weighted by molar-refractivity contribution is 7.09. The zero-order valence-corrected chi connectivity index (χ0v) is 15.3. The van der Waals surface area contributed by atoms with Crippen LogP contribution < -0.4 is 10.6 Å². The molecule has 1 amide bonds. The van der Waals surface area contributed by atoms with E-state index in [4.69, 9.17) is 0 Å². The van der Waals surface area contributed by atoms with Crippen molar-refractivity contribution >= 4 is 29.7 Å². The number of hydrogen-bond acceptors (Lipinski definition) is 5. The maximum atomic E-state index is 12.1. The molecule has 23 heavy (non-hydrogen) atoms. The smallest absolute Gasteiger partial charge is 0.237 e. The molecule has 2 saturated heterocycles. The van der Waals surface area contributed by atoms with Crippen LogP contribution in [0.5, 0.6) is 0 Å². The lowest BCUT2D eigenvalue weighted by molar-refractivity contribution is -0.123. The Bertz CT molecular complexity index is 504. The van der Waals surface area contributed by atoms with Gasteiger partial charge in [0.1, 0.15) is 0 Å². The normalized spacial score (nSPS) is 25.1. The summed E-state index contributed by atoms with van der Waals surface area (Å²) >= 11 is 1.72. The van der Waals surface area contributed by atoms with Gasteiger partial charge < -0.3 is 10.6 Å². The summed E-state index contributed by atoms with van der Waals surface area (Å²) in [5.74, 6) is 0.753. The van der Waals surface area contributed by atoms with Gasteiger partial charge in [-0.15, -0.1) is 23.7 Å². The number of aryl methyl sites for hydroxylation is 1. The Kier molecular flexibility index (Phi) is 7.27. The summed E-state index contributed by atoms with van der Waals surface area (Å²) in [5.41, 5.74) is 1.18. The zero-order valence-electron chi connectivity index (χ0n) is 13.7. The molecule has 2 unspecified atom stereocenters. The van der Waals surface area contributed by atoms with Crippen LogP contribution in [0.25, 0.3) is 0 Å². The number of halogens is 1. The number of nitrogens with zero attached hydrogens (tertiary/aromatic N) is 2. The fraction of sp³-hybridized carbons (Fsp3) is 0.750. The van der Waals surface area contributed by atoms with Gasteiger partial charge in [0.25, 0.3) is 0 Å². The third kappa shape index (κ3) is 5.41. The topological polar surface area (TPSA) is 57.3 Å². The van der Waals surface area contributed by atoms with Crippen LogP contribution in [-0.2, 0) is 11.3 Å². The number of carbonyl (C=O) groups excluding carboxylic acids is 1. The van der Waals surface area contributed by atoms with E-state index in [9.17, 15) is 4.79 Å². The predicted molar refractivity (Wildman–Crippen MR) is 96.1 cm³/mol. The number of nitrogens with one attached hydrogen (secondary N) is 2. The Morgan fingerprint density at radius 3 is 3.04 bits per heavy atom. The van der Waals surface area contributed by atoms with E-state index >= 15 is 0 Å². The Morgan fingerprint density at radius 2 is 2.35 bits per heavy atom. The second-order valence-corrected chi connectivity index (χ2v) is 7.56. The summed E-state index contributed by atoms with van der Waals surface area (Å²) in [5, 5.41) is 9.70. The van der Waals surface area contributed by atoms with Crippen LogP contribution in [0.1, 0.15) is 36.4 Å². The number of piperidine rings is 1. The van der Waals surface area contributed by atoms with Gasteiger partial charge in [0.15, 0.2) is 0 Å². The van der Waals surface area contributed by atoms with Gasteiger partial charge in [0.05, 0.1) is 16.7 Å². The molecular formula is C16H27ClN4OS. The highest BCUT2D eigenvalue weighted by Gasteiger charge is 2.24. The lowest BCUT2D eigenvalue weighted by atomic mass is 9.97. The first-order valence-electron chi connectivity index (χ1n) is 8.35. The molecule has 0 aliphatic carbocycles. The zero-order chi connectivity index (χ0) is 15.4. The number of hydrogen-bond donors (Lipinski definition) is 2.